The molecular weight excluding hydrogens is 502 g/mol. The average Bonchev–Trinajstić information content (AvgIpc) is 2.78. The maximum atomic E-state index is 15.1. The van der Waals surface area contributed by atoms with Gasteiger partial charge in [-0.05, 0) is 67.4 Å². The van der Waals surface area contributed by atoms with Gasteiger partial charge in [-0.25, -0.2) is 0 Å². The van der Waals surface area contributed by atoms with E-state index >= 15 is 17.6 Å². The highest BCUT2D eigenvalue weighted by Gasteiger charge is 2.63. The lowest BCUT2D eigenvalue weighted by molar-refractivity contribution is -0.289. The van der Waals surface area contributed by atoms with Crippen molar-refractivity contribution < 1.29 is 43.9 Å². The molecule has 0 aromatic heterocycles. The van der Waals surface area contributed by atoms with Crippen molar-refractivity contribution in [2.75, 3.05) is 0 Å². The van der Waals surface area contributed by atoms with E-state index in [4.69, 9.17) is 0 Å². The molecule has 5 aromatic rings. The summed E-state index contributed by atoms with van der Waals surface area (Å²) in [5.74, 6) is -11.1. The smallest absolute Gasteiger partial charge is 0.191 e. The highest BCUT2D eigenvalue weighted by atomic mass is 19.4. The largest absolute Gasteiger partial charge is 0.458 e. The van der Waals surface area contributed by atoms with Gasteiger partial charge in [0.05, 0.1) is 0 Å². The summed E-state index contributed by atoms with van der Waals surface area (Å²) in [5.41, 5.74) is -3.36. The second kappa shape index (κ2) is 7.47. The Morgan fingerprint density at radius 3 is 0.778 bits per heavy atom. The molecule has 36 heavy (non-hydrogen) atoms. The molecule has 5 aromatic carbocycles. The molecule has 0 heterocycles. The lowest BCUT2D eigenvalue weighted by Crippen LogP contribution is -2.36. The quantitative estimate of drug-likeness (QED) is 0.163. The molecule has 10 heteroatoms. The van der Waals surface area contributed by atoms with Crippen molar-refractivity contribution in [1.29, 1.82) is 0 Å². The Kier molecular flexibility index (Phi) is 5.01. The lowest BCUT2D eigenvalue weighted by atomic mass is 9.84. The van der Waals surface area contributed by atoms with Crippen molar-refractivity contribution in [2.45, 2.75) is 24.2 Å². The van der Waals surface area contributed by atoms with Gasteiger partial charge in [-0.1, -0.05) is 48.5 Å². The predicted molar refractivity (Wildman–Crippen MR) is 116 cm³/mol. The summed E-state index contributed by atoms with van der Waals surface area (Å²) in [4.78, 5) is 0. The summed E-state index contributed by atoms with van der Waals surface area (Å²) < 4.78 is 142. The van der Waals surface area contributed by atoms with Crippen LogP contribution >= 0.6 is 0 Å². The van der Waals surface area contributed by atoms with Crippen LogP contribution in [0.1, 0.15) is 11.1 Å². The van der Waals surface area contributed by atoms with E-state index in [-0.39, 0.29) is 21.5 Å². The Hall–Kier alpha value is -3.56. The van der Waals surface area contributed by atoms with E-state index < -0.39 is 56.9 Å². The summed E-state index contributed by atoms with van der Waals surface area (Å²) >= 11 is 0. The zero-order valence-electron chi connectivity index (χ0n) is 17.7. The molecule has 5 rings (SSSR count). The molecule has 0 bridgehead atoms. The Morgan fingerprint density at radius 2 is 0.583 bits per heavy atom. The van der Waals surface area contributed by atoms with Gasteiger partial charge in [0.25, 0.3) is 0 Å². The first kappa shape index (κ1) is 24.1. The molecule has 0 fully saturated rings. The molecule has 0 radical (unpaired) electrons. The predicted octanol–water partition coefficient (Wildman–Crippen LogP) is 9.61. The van der Waals surface area contributed by atoms with Crippen molar-refractivity contribution in [3.05, 3.63) is 83.9 Å². The highest BCUT2D eigenvalue weighted by molar-refractivity contribution is 6.14. The number of alkyl halides is 10. The topological polar surface area (TPSA) is 0 Å². The van der Waals surface area contributed by atoms with E-state index in [1.165, 1.54) is 48.5 Å². The van der Waals surface area contributed by atoms with Crippen LogP contribution in [-0.4, -0.2) is 12.4 Å². The number of fused-ring (bicyclic) bond motifs is 4. The van der Waals surface area contributed by atoms with Crippen LogP contribution < -0.4 is 0 Å². The fraction of sp³-hybridized carbons (Fsp3) is 0.154. The standard InChI is InChI=1S/C26H12F10/c27-23(28,25(31,32)33)21-17-9-13-5-1-2-6-14(13)10-18(17)22(24(29,30)26(34,35)36)20-12-16-8-4-3-7-15(16)11-19(20)21/h1-12H. The van der Waals surface area contributed by atoms with Gasteiger partial charge in [0.15, 0.2) is 0 Å². The monoisotopic (exact) mass is 514 g/mol. The van der Waals surface area contributed by atoms with Crippen LogP contribution in [0.25, 0.3) is 43.1 Å². The molecule has 0 saturated carbocycles. The van der Waals surface area contributed by atoms with Gasteiger partial charge in [-0.15, -0.1) is 0 Å². The summed E-state index contributed by atoms with van der Waals surface area (Å²) in [6.45, 7) is 0. The lowest BCUT2D eigenvalue weighted by Gasteiger charge is -2.28. The maximum Gasteiger partial charge on any atom is 0.458 e. The number of hydrogen-bond donors (Lipinski definition) is 0. The maximum absolute atomic E-state index is 15.1. The fourth-order valence-electron chi connectivity index (χ4n) is 4.56. The van der Waals surface area contributed by atoms with Crippen molar-refractivity contribution in [1.82, 2.24) is 0 Å². The van der Waals surface area contributed by atoms with E-state index in [0.717, 1.165) is 24.3 Å². The van der Waals surface area contributed by atoms with Crippen LogP contribution in [0.2, 0.25) is 0 Å². The first-order valence-electron chi connectivity index (χ1n) is 10.4. The molecule has 0 aliphatic rings. The molecule has 0 nitrogen and oxygen atoms in total. The minimum absolute atomic E-state index is 0.0886. The average molecular weight is 514 g/mol. The van der Waals surface area contributed by atoms with Gasteiger partial charge in [-0.2, -0.15) is 43.9 Å². The van der Waals surface area contributed by atoms with Crippen molar-refractivity contribution in [3.63, 3.8) is 0 Å². The van der Waals surface area contributed by atoms with Crippen molar-refractivity contribution in [3.8, 4) is 0 Å². The van der Waals surface area contributed by atoms with Crippen molar-refractivity contribution >= 4 is 43.1 Å². The Morgan fingerprint density at radius 1 is 0.361 bits per heavy atom. The summed E-state index contributed by atoms with van der Waals surface area (Å²) in [7, 11) is 0. The molecular formula is C26H12F10. The molecule has 0 saturated heterocycles. The second-order valence-electron chi connectivity index (χ2n) is 8.38. The van der Waals surface area contributed by atoms with Gasteiger partial charge in [0, 0.05) is 11.1 Å². The van der Waals surface area contributed by atoms with Gasteiger partial charge in [0.1, 0.15) is 0 Å². The molecule has 0 atom stereocenters. The second-order valence-corrected chi connectivity index (χ2v) is 8.38. The third-order valence-electron chi connectivity index (χ3n) is 6.19. The zero-order valence-corrected chi connectivity index (χ0v) is 17.7. The highest BCUT2D eigenvalue weighted by Crippen LogP contribution is 2.55. The van der Waals surface area contributed by atoms with E-state index in [9.17, 15) is 26.3 Å². The van der Waals surface area contributed by atoms with E-state index in [1.54, 1.807) is 0 Å². The van der Waals surface area contributed by atoms with Crippen molar-refractivity contribution in [2.24, 2.45) is 0 Å². The Bertz CT molecular complexity index is 1440. The first-order valence-corrected chi connectivity index (χ1v) is 10.4. The Labute approximate surface area is 195 Å². The zero-order chi connectivity index (χ0) is 26.3. The number of halogens is 10. The van der Waals surface area contributed by atoms with E-state index in [2.05, 4.69) is 0 Å². The third-order valence-corrected chi connectivity index (χ3v) is 6.19. The minimum atomic E-state index is -6.15. The third kappa shape index (κ3) is 3.37. The molecule has 0 aliphatic heterocycles. The van der Waals surface area contributed by atoms with Crippen LogP contribution in [0.4, 0.5) is 43.9 Å². The minimum Gasteiger partial charge on any atom is -0.191 e. The number of benzene rings is 5. The van der Waals surface area contributed by atoms with Crippen LogP contribution in [0.15, 0.2) is 72.8 Å². The fourth-order valence-corrected chi connectivity index (χ4v) is 4.56. The van der Waals surface area contributed by atoms with E-state index in [1.807, 2.05) is 0 Å². The van der Waals surface area contributed by atoms with E-state index in [0.29, 0.717) is 0 Å². The summed E-state index contributed by atoms with van der Waals surface area (Å²) in [5, 5.41) is -3.82. The van der Waals surface area contributed by atoms with Crippen LogP contribution in [0.5, 0.6) is 0 Å². The molecule has 0 N–H and O–H groups in total. The number of hydrogen-bond acceptors (Lipinski definition) is 0. The number of rotatable bonds is 2. The summed E-state index contributed by atoms with van der Waals surface area (Å²) in [6, 6.07) is 14.2. The van der Waals surface area contributed by atoms with Gasteiger partial charge < -0.3 is 0 Å². The van der Waals surface area contributed by atoms with Gasteiger partial charge in [0.2, 0.25) is 0 Å². The van der Waals surface area contributed by atoms with Crippen LogP contribution in [0.3, 0.4) is 0 Å². The molecule has 0 aliphatic carbocycles. The Balaban J connectivity index is 2.16. The van der Waals surface area contributed by atoms with Gasteiger partial charge >= 0.3 is 24.2 Å². The summed E-state index contributed by atoms with van der Waals surface area (Å²) in [6.07, 6.45) is -12.3. The molecule has 0 amide bonds. The SMILES string of the molecule is FC(F)(F)C(F)(F)c1c2cc3ccccc3cc2c(C(F)(F)C(F)(F)F)c2cc3ccccc3cc12. The van der Waals surface area contributed by atoms with Crippen LogP contribution in [-0.2, 0) is 11.8 Å². The van der Waals surface area contributed by atoms with Crippen LogP contribution in [0, 0.1) is 0 Å². The molecule has 0 unspecified atom stereocenters. The normalized spacial score (nSPS) is 13.8. The molecule has 186 valence electrons. The molecule has 0 spiro atoms. The van der Waals surface area contributed by atoms with Gasteiger partial charge in [-0.3, -0.25) is 0 Å². The first-order chi connectivity index (χ1) is 16.6.